The molecule has 0 aromatic heterocycles. The minimum absolute atomic E-state index is 0.0746. The van der Waals surface area contributed by atoms with E-state index >= 15 is 0 Å². The van der Waals surface area contributed by atoms with Crippen molar-refractivity contribution in [1.29, 1.82) is 0 Å². The highest BCUT2D eigenvalue weighted by Crippen LogP contribution is 2.72. The summed E-state index contributed by atoms with van der Waals surface area (Å²) in [6, 6.07) is 3.93. The maximum atomic E-state index is 13.2. The smallest absolute Gasteiger partial charge is 0.246 e. The monoisotopic (exact) mass is 492 g/mol. The number of benzene rings is 1. The first-order valence-corrected chi connectivity index (χ1v) is 14.0. The Morgan fingerprint density at radius 2 is 1.94 bits per heavy atom. The van der Waals surface area contributed by atoms with E-state index in [1.165, 1.54) is 24.0 Å². The maximum absolute atomic E-state index is 13.2. The Labute approximate surface area is 212 Å². The lowest BCUT2D eigenvalue weighted by molar-refractivity contribution is -0.218. The predicted octanol–water partition coefficient (Wildman–Crippen LogP) is 2.52. The van der Waals surface area contributed by atoms with Crippen LogP contribution in [0.4, 0.5) is 0 Å². The number of aliphatic hydroxyl groups is 1. The molecule has 2 saturated heterocycles. The van der Waals surface area contributed by atoms with E-state index in [4.69, 9.17) is 9.47 Å². The number of amides is 1. The van der Waals surface area contributed by atoms with E-state index in [0.717, 1.165) is 63.1 Å². The van der Waals surface area contributed by atoms with E-state index in [9.17, 15) is 15.0 Å². The van der Waals surface area contributed by atoms with Crippen LogP contribution in [0.2, 0.25) is 0 Å². The molecule has 7 nitrogen and oxygen atoms in total. The van der Waals surface area contributed by atoms with Gasteiger partial charge in [0.2, 0.25) is 5.91 Å². The van der Waals surface area contributed by atoms with E-state index in [-0.39, 0.29) is 29.2 Å². The first kappa shape index (κ1) is 21.9. The third kappa shape index (κ3) is 2.62. The zero-order chi connectivity index (χ0) is 24.3. The molecule has 1 aromatic rings. The fourth-order valence-corrected chi connectivity index (χ4v) is 9.02. The van der Waals surface area contributed by atoms with Gasteiger partial charge in [0.15, 0.2) is 11.5 Å². The molecular formula is C29H36N2O5. The summed E-state index contributed by atoms with van der Waals surface area (Å²) >= 11 is 0. The van der Waals surface area contributed by atoms with Crippen LogP contribution in [0.1, 0.15) is 56.1 Å². The Hall–Kier alpha value is -2.09. The molecule has 1 aromatic carbocycles. The Bertz CT molecular complexity index is 1170. The maximum Gasteiger partial charge on any atom is 0.246 e. The number of fused-ring (bicyclic) bond motifs is 1. The second-order valence-electron chi connectivity index (χ2n) is 12.5. The number of hydrogen-bond donors (Lipinski definition) is 2. The molecule has 3 aliphatic heterocycles. The fraction of sp³-hybridized carbons (Fsp3) is 0.690. The number of ether oxygens (including phenoxy) is 2. The van der Waals surface area contributed by atoms with Crippen molar-refractivity contribution in [3.8, 4) is 11.5 Å². The molecule has 5 fully saturated rings. The number of phenolic OH excluding ortho intramolecular Hbond substituents is 1. The van der Waals surface area contributed by atoms with Gasteiger partial charge in [0, 0.05) is 42.7 Å². The van der Waals surface area contributed by atoms with Crippen LogP contribution in [0.15, 0.2) is 23.8 Å². The summed E-state index contributed by atoms with van der Waals surface area (Å²) in [6.07, 6.45) is 9.33. The molecule has 2 spiro atoms. The number of aromatic hydroxyl groups is 1. The quantitative estimate of drug-likeness (QED) is 0.631. The van der Waals surface area contributed by atoms with Crippen LogP contribution in [0.3, 0.4) is 0 Å². The van der Waals surface area contributed by atoms with Crippen LogP contribution >= 0.6 is 0 Å². The van der Waals surface area contributed by atoms with Gasteiger partial charge in [0.05, 0.1) is 24.2 Å². The Kier molecular flexibility index (Phi) is 4.43. The van der Waals surface area contributed by atoms with Crippen LogP contribution in [0.25, 0.3) is 0 Å². The lowest BCUT2D eigenvalue weighted by Crippen LogP contribution is -2.78. The van der Waals surface area contributed by atoms with Crippen molar-refractivity contribution in [3.63, 3.8) is 0 Å². The van der Waals surface area contributed by atoms with E-state index in [2.05, 4.69) is 11.0 Å². The molecule has 8 rings (SSSR count). The van der Waals surface area contributed by atoms with Gasteiger partial charge in [-0.2, -0.15) is 0 Å². The Morgan fingerprint density at radius 3 is 2.69 bits per heavy atom. The van der Waals surface area contributed by atoms with E-state index < -0.39 is 11.0 Å². The van der Waals surface area contributed by atoms with Crippen molar-refractivity contribution in [3.05, 3.63) is 34.9 Å². The van der Waals surface area contributed by atoms with E-state index in [1.54, 1.807) is 6.07 Å². The van der Waals surface area contributed by atoms with E-state index in [0.29, 0.717) is 32.1 Å². The molecule has 3 saturated carbocycles. The van der Waals surface area contributed by atoms with Gasteiger partial charge in [-0.05, 0) is 75.5 Å². The predicted molar refractivity (Wildman–Crippen MR) is 132 cm³/mol. The number of rotatable bonds is 3. The molecular weight excluding hydrogens is 456 g/mol. The van der Waals surface area contributed by atoms with Gasteiger partial charge < -0.3 is 24.6 Å². The summed E-state index contributed by atoms with van der Waals surface area (Å²) in [5.74, 6) is 1.63. The average molecular weight is 493 g/mol. The summed E-state index contributed by atoms with van der Waals surface area (Å²) in [5.41, 5.74) is 1.82. The molecule has 2 N–H and O–H groups in total. The Morgan fingerprint density at radius 1 is 1.11 bits per heavy atom. The minimum atomic E-state index is -0.878. The molecule has 36 heavy (non-hydrogen) atoms. The summed E-state index contributed by atoms with van der Waals surface area (Å²) in [7, 11) is 0. The van der Waals surface area contributed by atoms with Crippen molar-refractivity contribution in [2.24, 2.45) is 11.3 Å². The van der Waals surface area contributed by atoms with Gasteiger partial charge in [-0.15, -0.1) is 0 Å². The van der Waals surface area contributed by atoms with Crippen LogP contribution < -0.4 is 4.74 Å². The number of nitrogens with zero attached hydrogens (tertiary/aromatic N) is 2. The van der Waals surface area contributed by atoms with Crippen LogP contribution in [0.5, 0.6) is 11.5 Å². The zero-order valence-corrected chi connectivity index (χ0v) is 20.9. The van der Waals surface area contributed by atoms with Gasteiger partial charge in [-0.3, -0.25) is 9.69 Å². The number of phenols is 1. The third-order valence-corrected chi connectivity index (χ3v) is 11.1. The fourth-order valence-electron chi connectivity index (χ4n) is 9.02. The lowest BCUT2D eigenvalue weighted by atomic mass is 9.40. The molecule has 0 unspecified atom stereocenters. The second kappa shape index (κ2) is 7.27. The van der Waals surface area contributed by atoms with Gasteiger partial charge in [-0.25, -0.2) is 0 Å². The lowest BCUT2D eigenvalue weighted by Gasteiger charge is -2.68. The largest absolute Gasteiger partial charge is 0.504 e. The summed E-state index contributed by atoms with van der Waals surface area (Å²) in [4.78, 5) is 17.7. The summed E-state index contributed by atoms with van der Waals surface area (Å²) in [6.45, 7) is 4.51. The molecule has 1 amide bonds. The molecule has 0 radical (unpaired) electrons. The van der Waals surface area contributed by atoms with Gasteiger partial charge in [0.25, 0.3) is 0 Å². The number of hydrogen-bond acceptors (Lipinski definition) is 6. The minimum Gasteiger partial charge on any atom is -0.504 e. The highest BCUT2D eigenvalue weighted by molar-refractivity contribution is 5.89. The normalized spacial score (nSPS) is 41.7. The van der Waals surface area contributed by atoms with Gasteiger partial charge >= 0.3 is 0 Å². The first-order valence-electron chi connectivity index (χ1n) is 14.0. The van der Waals surface area contributed by atoms with Crippen LogP contribution in [-0.4, -0.2) is 83.1 Å². The second-order valence-corrected chi connectivity index (χ2v) is 12.5. The first-order chi connectivity index (χ1) is 17.5. The number of morpholine rings is 1. The average Bonchev–Trinajstić information content (AvgIpc) is 3.62. The molecule has 5 atom stereocenters. The van der Waals surface area contributed by atoms with Crippen molar-refractivity contribution < 1.29 is 24.5 Å². The number of carbonyl (C=O) groups is 1. The van der Waals surface area contributed by atoms with Crippen molar-refractivity contribution >= 4 is 5.91 Å². The number of carbonyl (C=O) groups excluding carboxylic acids is 1. The number of piperidine rings is 1. The summed E-state index contributed by atoms with van der Waals surface area (Å²) in [5, 5.41) is 23.6. The topological polar surface area (TPSA) is 82.5 Å². The van der Waals surface area contributed by atoms with E-state index in [1.807, 2.05) is 11.0 Å². The number of likely N-dealkylation sites (tertiary alicyclic amines) is 1. The van der Waals surface area contributed by atoms with Crippen LogP contribution in [0, 0.1) is 11.3 Å². The molecule has 2 bridgehead atoms. The van der Waals surface area contributed by atoms with Gasteiger partial charge in [0.1, 0.15) is 6.10 Å². The third-order valence-electron chi connectivity index (χ3n) is 11.1. The molecule has 4 aliphatic carbocycles. The van der Waals surface area contributed by atoms with Crippen LogP contribution in [-0.2, 0) is 21.4 Å². The highest BCUT2D eigenvalue weighted by atomic mass is 16.5. The highest BCUT2D eigenvalue weighted by Gasteiger charge is 2.77. The van der Waals surface area contributed by atoms with Crippen molar-refractivity contribution in [2.75, 3.05) is 39.4 Å². The zero-order valence-electron chi connectivity index (χ0n) is 20.9. The SMILES string of the molecule is O=C(/C=C1\CC[C@]12CC[C@@]1(O)[C@H]3Cc4ccc(O)c5c4[C@@]1(CCN3CC1CC1)[C@H]2O5)N1CCOCC1. The molecule has 7 heteroatoms. The van der Waals surface area contributed by atoms with Crippen molar-refractivity contribution in [1.82, 2.24) is 9.80 Å². The standard InChI is InChI=1S/C29H36N2O5/c32-21-4-3-19-15-22-29(34)8-7-27(6-5-20(27)16-23(33)30-11-13-35-14-12-30)26-28(29,24(19)25(21)36-26)9-10-31(22)17-18-1-2-18/h3-4,16,18,22,26,32,34H,1-2,5-15,17H2/b20-16+/t22-,26+,27+,28+,29-/m1/s1. The molecule has 7 aliphatic rings. The van der Waals surface area contributed by atoms with Crippen molar-refractivity contribution in [2.45, 2.75) is 74.5 Å². The molecule has 3 heterocycles. The Balaban J connectivity index is 1.23. The summed E-state index contributed by atoms with van der Waals surface area (Å²) < 4.78 is 12.2. The molecule has 192 valence electrons. The van der Waals surface area contributed by atoms with Gasteiger partial charge in [-0.1, -0.05) is 11.6 Å².